The number of hydrogen-bond acceptors (Lipinski definition) is 3. The van der Waals surface area contributed by atoms with Crippen LogP contribution in [0.15, 0.2) is 0 Å². The number of hydrogen-bond donors (Lipinski definition) is 2. The Bertz CT molecular complexity index is 261. The van der Waals surface area contributed by atoms with Crippen molar-refractivity contribution in [3.8, 4) is 0 Å². The van der Waals surface area contributed by atoms with E-state index in [4.69, 9.17) is 0 Å². The molecule has 2 N–H and O–H groups in total. The lowest BCUT2D eigenvalue weighted by Crippen LogP contribution is -2.50. The molecule has 1 amide bonds. The van der Waals surface area contributed by atoms with Crippen molar-refractivity contribution in [2.75, 3.05) is 26.2 Å². The summed E-state index contributed by atoms with van der Waals surface area (Å²) in [5.74, 6) is 0.794. The van der Waals surface area contributed by atoms with Crippen LogP contribution in [0, 0.1) is 11.8 Å². The summed E-state index contributed by atoms with van der Waals surface area (Å²) in [6, 6.07) is 0. The SMILES string of the molecule is CC(C(=O)N1CCC(C)(O)C1)C1CNC1. The molecule has 0 bridgehead atoms. The molecule has 4 nitrogen and oxygen atoms in total. The second-order valence-electron chi connectivity index (χ2n) is 5.21. The van der Waals surface area contributed by atoms with Crippen molar-refractivity contribution in [1.29, 1.82) is 0 Å². The molecule has 0 spiro atoms. The summed E-state index contributed by atoms with van der Waals surface area (Å²) in [5.41, 5.74) is -0.673. The molecular weight excluding hydrogens is 192 g/mol. The number of aliphatic hydroxyl groups is 1. The summed E-state index contributed by atoms with van der Waals surface area (Å²) in [6.07, 6.45) is 0.703. The fourth-order valence-electron chi connectivity index (χ4n) is 2.29. The van der Waals surface area contributed by atoms with E-state index < -0.39 is 5.60 Å². The Morgan fingerprint density at radius 1 is 1.60 bits per heavy atom. The lowest BCUT2D eigenvalue weighted by atomic mass is 9.88. The number of likely N-dealkylation sites (tertiary alicyclic amines) is 1. The molecule has 0 aromatic rings. The predicted octanol–water partition coefficient (Wildman–Crippen LogP) is -0.175. The Kier molecular flexibility index (Phi) is 2.73. The average molecular weight is 212 g/mol. The Morgan fingerprint density at radius 2 is 2.27 bits per heavy atom. The van der Waals surface area contributed by atoms with Gasteiger partial charge in [0.1, 0.15) is 0 Å². The molecule has 2 atom stereocenters. The van der Waals surface area contributed by atoms with E-state index in [2.05, 4.69) is 5.32 Å². The number of rotatable bonds is 2. The predicted molar refractivity (Wildman–Crippen MR) is 57.3 cm³/mol. The molecule has 15 heavy (non-hydrogen) atoms. The van der Waals surface area contributed by atoms with E-state index in [1.54, 1.807) is 6.92 Å². The summed E-state index contributed by atoms with van der Waals surface area (Å²) in [4.78, 5) is 13.9. The van der Waals surface area contributed by atoms with Gasteiger partial charge in [0.05, 0.1) is 5.60 Å². The maximum absolute atomic E-state index is 12.1. The normalized spacial score (nSPS) is 33.9. The molecule has 0 saturated carbocycles. The maximum Gasteiger partial charge on any atom is 0.225 e. The largest absolute Gasteiger partial charge is 0.388 e. The lowest BCUT2D eigenvalue weighted by molar-refractivity contribution is -0.137. The van der Waals surface area contributed by atoms with Crippen molar-refractivity contribution in [3.05, 3.63) is 0 Å². The molecule has 2 aliphatic rings. The number of nitrogens with zero attached hydrogens (tertiary/aromatic N) is 1. The fraction of sp³-hybridized carbons (Fsp3) is 0.909. The third-order valence-corrected chi connectivity index (χ3v) is 3.67. The fourth-order valence-corrected chi connectivity index (χ4v) is 2.29. The molecule has 2 heterocycles. The van der Waals surface area contributed by atoms with Crippen molar-refractivity contribution in [2.45, 2.75) is 25.9 Å². The van der Waals surface area contributed by atoms with E-state index in [1.807, 2.05) is 11.8 Å². The third-order valence-electron chi connectivity index (χ3n) is 3.67. The van der Waals surface area contributed by atoms with Gasteiger partial charge in [-0.05, 0) is 32.4 Å². The van der Waals surface area contributed by atoms with Crippen LogP contribution in [0.2, 0.25) is 0 Å². The van der Waals surface area contributed by atoms with Crippen LogP contribution in [0.4, 0.5) is 0 Å². The molecule has 4 heteroatoms. The van der Waals surface area contributed by atoms with Crippen LogP contribution in [-0.2, 0) is 4.79 Å². The number of nitrogens with one attached hydrogen (secondary N) is 1. The number of carbonyl (C=O) groups is 1. The summed E-state index contributed by atoms with van der Waals surface area (Å²) >= 11 is 0. The van der Waals surface area contributed by atoms with Gasteiger partial charge in [-0.2, -0.15) is 0 Å². The zero-order valence-corrected chi connectivity index (χ0v) is 9.49. The molecule has 0 aromatic carbocycles. The first-order valence-corrected chi connectivity index (χ1v) is 5.71. The summed E-state index contributed by atoms with van der Waals surface area (Å²) in [6.45, 7) is 6.91. The Labute approximate surface area is 90.6 Å². The van der Waals surface area contributed by atoms with Crippen LogP contribution >= 0.6 is 0 Å². The third kappa shape index (κ3) is 2.16. The lowest BCUT2D eigenvalue weighted by Gasteiger charge is -2.34. The molecule has 2 fully saturated rings. The van der Waals surface area contributed by atoms with Gasteiger partial charge in [0.25, 0.3) is 0 Å². The van der Waals surface area contributed by atoms with Gasteiger partial charge in [-0.25, -0.2) is 0 Å². The van der Waals surface area contributed by atoms with Crippen LogP contribution in [0.1, 0.15) is 20.3 Å². The monoisotopic (exact) mass is 212 g/mol. The molecule has 2 aliphatic heterocycles. The zero-order valence-electron chi connectivity index (χ0n) is 9.49. The van der Waals surface area contributed by atoms with Crippen LogP contribution in [0.5, 0.6) is 0 Å². The van der Waals surface area contributed by atoms with Gasteiger partial charge in [-0.1, -0.05) is 6.92 Å². The highest BCUT2D eigenvalue weighted by atomic mass is 16.3. The van der Waals surface area contributed by atoms with Crippen LogP contribution < -0.4 is 5.32 Å². The van der Waals surface area contributed by atoms with Crippen LogP contribution in [0.3, 0.4) is 0 Å². The van der Waals surface area contributed by atoms with E-state index in [-0.39, 0.29) is 11.8 Å². The van der Waals surface area contributed by atoms with Crippen molar-refractivity contribution in [3.63, 3.8) is 0 Å². The Balaban J connectivity index is 1.90. The second-order valence-corrected chi connectivity index (χ2v) is 5.21. The topological polar surface area (TPSA) is 52.6 Å². The zero-order chi connectivity index (χ0) is 11.1. The van der Waals surface area contributed by atoms with Crippen LogP contribution in [0.25, 0.3) is 0 Å². The number of amides is 1. The highest BCUT2D eigenvalue weighted by molar-refractivity contribution is 5.79. The molecule has 0 aliphatic carbocycles. The van der Waals surface area contributed by atoms with Crippen molar-refractivity contribution in [1.82, 2.24) is 10.2 Å². The Hall–Kier alpha value is -0.610. The van der Waals surface area contributed by atoms with E-state index in [0.29, 0.717) is 25.4 Å². The smallest absolute Gasteiger partial charge is 0.225 e. The quantitative estimate of drug-likeness (QED) is 0.668. The maximum atomic E-state index is 12.1. The van der Waals surface area contributed by atoms with Gasteiger partial charge in [0.2, 0.25) is 5.91 Å². The van der Waals surface area contributed by atoms with E-state index in [1.165, 1.54) is 0 Å². The summed E-state index contributed by atoms with van der Waals surface area (Å²) in [7, 11) is 0. The molecule has 2 rings (SSSR count). The molecular formula is C11H20N2O2. The number of β-amino-alcohol motifs (C(OH)–C–C–N with tert-alkyl or cyclic N) is 1. The average Bonchev–Trinajstić information content (AvgIpc) is 2.41. The van der Waals surface area contributed by atoms with E-state index in [9.17, 15) is 9.90 Å². The standard InChI is InChI=1S/C11H20N2O2/c1-8(9-5-12-6-9)10(14)13-4-3-11(2,15)7-13/h8-9,12,15H,3-7H2,1-2H3. The Morgan fingerprint density at radius 3 is 2.67 bits per heavy atom. The highest BCUT2D eigenvalue weighted by Gasteiger charge is 2.38. The van der Waals surface area contributed by atoms with Crippen molar-refractivity contribution >= 4 is 5.91 Å². The summed E-state index contributed by atoms with van der Waals surface area (Å²) < 4.78 is 0. The number of carbonyl (C=O) groups excluding carboxylic acids is 1. The molecule has 86 valence electrons. The van der Waals surface area contributed by atoms with Gasteiger partial charge in [-0.3, -0.25) is 4.79 Å². The minimum atomic E-state index is -0.673. The first-order chi connectivity index (χ1) is 6.99. The van der Waals surface area contributed by atoms with E-state index >= 15 is 0 Å². The minimum Gasteiger partial charge on any atom is -0.388 e. The summed E-state index contributed by atoms with van der Waals surface area (Å²) in [5, 5.41) is 13.0. The molecule has 0 aromatic heterocycles. The first kappa shape index (κ1) is 10.9. The van der Waals surface area contributed by atoms with Crippen molar-refractivity contribution in [2.24, 2.45) is 11.8 Å². The minimum absolute atomic E-state index is 0.0974. The van der Waals surface area contributed by atoms with Gasteiger partial charge in [-0.15, -0.1) is 0 Å². The highest BCUT2D eigenvalue weighted by Crippen LogP contribution is 2.25. The van der Waals surface area contributed by atoms with Gasteiger partial charge < -0.3 is 15.3 Å². The first-order valence-electron chi connectivity index (χ1n) is 5.71. The molecule has 2 saturated heterocycles. The van der Waals surface area contributed by atoms with Gasteiger partial charge in [0, 0.05) is 19.0 Å². The van der Waals surface area contributed by atoms with Crippen LogP contribution in [-0.4, -0.2) is 47.7 Å². The van der Waals surface area contributed by atoms with Crippen molar-refractivity contribution < 1.29 is 9.90 Å². The van der Waals surface area contributed by atoms with E-state index in [0.717, 1.165) is 13.1 Å². The molecule has 2 unspecified atom stereocenters. The second kappa shape index (κ2) is 3.76. The van der Waals surface area contributed by atoms with Gasteiger partial charge in [0.15, 0.2) is 0 Å². The molecule has 0 radical (unpaired) electrons. The van der Waals surface area contributed by atoms with Gasteiger partial charge >= 0.3 is 0 Å².